The van der Waals surface area contributed by atoms with E-state index in [9.17, 15) is 96.2 Å². The molecular weight excluding hydrogens is 1950 g/mol. The van der Waals surface area contributed by atoms with E-state index in [4.69, 9.17) is 21.2 Å². The van der Waals surface area contributed by atoms with Gasteiger partial charge < -0.3 is 37.1 Å². The molecule has 0 amide bonds. The van der Waals surface area contributed by atoms with Crippen molar-refractivity contribution in [2.75, 3.05) is 46.6 Å². The Hall–Kier alpha value is -13.3. The zero-order valence-electron chi connectivity index (χ0n) is 75.2. The number of ether oxygens (including phenoxy) is 1. The normalized spacial score (nSPS) is 12.5. The Morgan fingerprint density at radius 1 is 0.376 bits per heavy atom. The summed E-state index contributed by atoms with van der Waals surface area (Å²) in [7, 11) is -8.05. The topological polar surface area (TPSA) is 300 Å². The van der Waals surface area contributed by atoms with Gasteiger partial charge in [0.25, 0.3) is 9.05 Å². The number of hydrogen-bond donors (Lipinski definition) is 6. The number of likely N-dealkylation sites (N-methyl/N-ethyl adjacent to an activating group) is 2. The Bertz CT molecular complexity index is 7450. The van der Waals surface area contributed by atoms with Gasteiger partial charge in [0.05, 0.1) is 72.8 Å². The van der Waals surface area contributed by atoms with Crippen molar-refractivity contribution in [3.8, 4) is 55.6 Å². The minimum Gasteiger partial charge on any atom is -0.399 e. The number of anilines is 1. The highest BCUT2D eigenvalue weighted by Gasteiger charge is 2.27. The van der Waals surface area contributed by atoms with E-state index in [-0.39, 0.29) is 101 Å². The highest BCUT2D eigenvalue weighted by molar-refractivity contribution is 8.13. The number of rotatable bonds is 27. The van der Waals surface area contributed by atoms with Crippen LogP contribution in [0.3, 0.4) is 0 Å². The third kappa shape index (κ3) is 32.1. The summed E-state index contributed by atoms with van der Waals surface area (Å²) in [5.41, 5.74) is 21.0. The van der Waals surface area contributed by atoms with Crippen LogP contribution < -0.4 is 22.1 Å². The molecule has 16 rings (SSSR count). The predicted molar refractivity (Wildman–Crippen MR) is 536 cm³/mol. The maximum absolute atomic E-state index is 13.9. The van der Waals surface area contributed by atoms with Crippen LogP contribution in [-0.4, -0.2) is 93.2 Å². The Morgan fingerprint density at radius 2 is 0.652 bits per heavy atom. The van der Waals surface area contributed by atoms with Crippen molar-refractivity contribution in [1.29, 1.82) is 0 Å². The summed E-state index contributed by atoms with van der Waals surface area (Å²) in [6.45, 7) is 8.21. The molecule has 33 heteroatoms. The van der Waals surface area contributed by atoms with Crippen LogP contribution in [0, 0.1) is 58.2 Å². The van der Waals surface area contributed by atoms with E-state index in [1.165, 1.54) is 165 Å². The van der Waals surface area contributed by atoms with Crippen LogP contribution in [0.1, 0.15) is 75.7 Å². The SMILES string of the molecule is C.C=Cc1cccc(CS(=O)(=O)c2ccc(-c3ccc(F)cc3F)cc2)c1.C=Cc1cccc(N)c1.CN.CNC(CO)c1cccc(CS(=O)(=O)c2ccc(-c3ccc(F)cc3F)cc2)c1.CNCC(O)c1cccc(CS(=O)(=O)c2ccc(-c3ccc(F)cc3F)cc2)c1.O=S(=O)(Cc1cccc(C2CO2)c1)c1ccc(-c2ccc(F)cc2F)cc1.O=S(=O)(Cl)c1ccc(-c2ccc(F)cc2F)cc1. The maximum atomic E-state index is 13.9. The molecule has 0 aliphatic carbocycles. The second-order valence-electron chi connectivity index (χ2n) is 31.2. The second kappa shape index (κ2) is 51.2. The molecule has 1 saturated heterocycles. The zero-order valence-corrected chi connectivity index (χ0v) is 80.1. The highest BCUT2D eigenvalue weighted by atomic mass is 35.7. The number of benzene rings is 15. The summed E-state index contributed by atoms with van der Waals surface area (Å²) >= 11 is 0. The largest absolute Gasteiger partial charge is 0.399 e. The van der Waals surface area contributed by atoms with Crippen LogP contribution in [0.4, 0.5) is 49.6 Å². The van der Waals surface area contributed by atoms with Gasteiger partial charge in [-0.15, -0.1) is 0 Å². The average Bonchev–Trinajstić information content (AvgIpc) is 1.74. The quantitative estimate of drug-likeness (QED) is 0.0121. The van der Waals surface area contributed by atoms with E-state index >= 15 is 0 Å². The molecule has 141 heavy (non-hydrogen) atoms. The summed E-state index contributed by atoms with van der Waals surface area (Å²) in [6.07, 6.45) is 2.77. The first-order chi connectivity index (χ1) is 66.6. The van der Waals surface area contributed by atoms with E-state index in [0.717, 1.165) is 82.5 Å². The molecule has 17 nitrogen and oxygen atoms in total. The minimum absolute atomic E-state index is 0. The number of hydrogen-bond acceptors (Lipinski definition) is 17. The lowest BCUT2D eigenvalue weighted by atomic mass is 10.1. The van der Waals surface area contributed by atoms with Gasteiger partial charge in [0.15, 0.2) is 39.3 Å². The third-order valence-electron chi connectivity index (χ3n) is 21.2. The molecule has 0 radical (unpaired) electrons. The van der Waals surface area contributed by atoms with Gasteiger partial charge in [-0.25, -0.2) is 86.0 Å². The van der Waals surface area contributed by atoms with Gasteiger partial charge in [-0.1, -0.05) is 203 Å². The molecule has 1 fully saturated rings. The van der Waals surface area contributed by atoms with Crippen molar-refractivity contribution in [3.05, 3.63) is 455 Å². The lowest BCUT2D eigenvalue weighted by molar-refractivity contribution is 0.177. The first-order valence-electron chi connectivity index (χ1n) is 42.5. The van der Waals surface area contributed by atoms with Crippen LogP contribution in [-0.2, 0) is 76.1 Å². The van der Waals surface area contributed by atoms with Crippen molar-refractivity contribution in [1.82, 2.24) is 10.6 Å². The Balaban J connectivity index is 0.000000192. The maximum Gasteiger partial charge on any atom is 0.261 e. The van der Waals surface area contributed by atoms with Crippen molar-refractivity contribution in [2.45, 2.75) is 73.2 Å². The Kier molecular flexibility index (Phi) is 40.4. The lowest BCUT2D eigenvalue weighted by Crippen LogP contribution is -2.20. The summed E-state index contributed by atoms with van der Waals surface area (Å²) in [6, 6.07) is 80.8. The molecule has 0 spiro atoms. The molecule has 736 valence electrons. The molecule has 3 unspecified atom stereocenters. The number of nitrogens with two attached hydrogens (primary N) is 2. The smallest absolute Gasteiger partial charge is 0.261 e. The highest BCUT2D eigenvalue weighted by Crippen LogP contribution is 2.36. The van der Waals surface area contributed by atoms with Crippen LogP contribution in [0.5, 0.6) is 0 Å². The minimum atomic E-state index is -3.80. The van der Waals surface area contributed by atoms with E-state index in [0.29, 0.717) is 68.8 Å². The second-order valence-corrected chi connectivity index (χ2v) is 41.7. The van der Waals surface area contributed by atoms with Gasteiger partial charge in [-0.3, -0.25) is 0 Å². The standard InChI is InChI=1S/2C22H21F2NO3S.C21H16F2O3S.C21H16F2O2S.C12H7ClF2O2S.C8H9N.CH5N.CH4/c1-25-22(13-26)17-4-2-3-15(11-17)14-29(27,28)19-8-5-16(6-9-19)20-10-7-18(23)12-21(20)24;1-25-13-22(26)17-4-2-3-15(11-17)14-29(27,28)19-8-5-16(6-9-19)20-10-7-18(23)12-21(20)24;22-17-6-9-19(20(23)11-17)15-4-7-18(8-5-15)27(24,25)13-14-2-1-3-16(10-14)21-12-26-21;1-2-15-4-3-5-16(12-15)14-26(24,25)19-9-6-17(7-10-19)20-11-8-18(22)13-21(20)23;13-18(16,17)10-4-1-8(2-5-10)11-6-3-9(14)7-12(11)15;1-2-7-4-3-5-8(9)6-7;1-2;/h2*2-12,22,25-26H,13-14H2,1H3;1-11,21H,12-13H2;2-13H,1,14H2;1-7H;2-6H,1,9H2;2H2,1H3;1H4. The first kappa shape index (κ1) is 111. The number of halogens is 11. The number of aliphatic hydroxyl groups is 2. The lowest BCUT2D eigenvalue weighted by Gasteiger charge is -2.14. The zero-order chi connectivity index (χ0) is 102. The van der Waals surface area contributed by atoms with Crippen LogP contribution >= 0.6 is 10.7 Å². The van der Waals surface area contributed by atoms with E-state index in [1.54, 1.807) is 93.0 Å². The molecule has 8 N–H and O–H groups in total. The molecule has 1 heterocycles. The number of nitrogen functional groups attached to an aromatic ring is 1. The predicted octanol–water partition coefficient (Wildman–Crippen LogP) is 23.3. The van der Waals surface area contributed by atoms with Crippen molar-refractivity contribution < 1.29 is 101 Å². The summed E-state index contributed by atoms with van der Waals surface area (Å²) in [5, 5.41) is 25.3. The van der Waals surface area contributed by atoms with Crippen LogP contribution in [0.2, 0.25) is 0 Å². The fourth-order valence-corrected chi connectivity index (χ4v) is 20.2. The fraction of sp³-hybridized carbons (Fsp3) is 0.130. The third-order valence-corrected chi connectivity index (χ3v) is 29.4. The summed E-state index contributed by atoms with van der Waals surface area (Å²) in [5.74, 6) is -7.54. The molecule has 0 aromatic heterocycles. The summed E-state index contributed by atoms with van der Waals surface area (Å²) in [4.78, 5) is 0.441. The average molecular weight is 2050 g/mol. The number of nitrogens with one attached hydrogen (secondary N) is 2. The summed E-state index contributed by atoms with van der Waals surface area (Å²) < 4.78 is 263. The Morgan fingerprint density at radius 3 is 0.929 bits per heavy atom. The molecule has 15 aromatic carbocycles. The van der Waals surface area contributed by atoms with Crippen molar-refractivity contribution >= 4 is 76.9 Å². The van der Waals surface area contributed by atoms with Gasteiger partial charge in [0.2, 0.25) is 0 Å². The van der Waals surface area contributed by atoms with Gasteiger partial charge in [0, 0.05) is 81.1 Å². The first-order valence-corrected chi connectivity index (χ1v) is 51.5. The monoisotopic (exact) mass is 2040 g/mol. The van der Waals surface area contributed by atoms with Gasteiger partial charge in [0.1, 0.15) is 64.3 Å². The van der Waals surface area contributed by atoms with Gasteiger partial charge in [-0.05, 0) is 232 Å². The number of epoxide rings is 1. The number of aliphatic hydroxyl groups excluding tert-OH is 2. The van der Waals surface area contributed by atoms with Gasteiger partial charge >= 0.3 is 0 Å². The van der Waals surface area contributed by atoms with Crippen LogP contribution in [0.25, 0.3) is 67.8 Å². The molecular formula is C108H99ClF10N4O13S5. The van der Waals surface area contributed by atoms with E-state index in [1.807, 2.05) is 54.6 Å². The molecule has 3 atom stereocenters. The van der Waals surface area contributed by atoms with Gasteiger partial charge in [-0.2, -0.15) is 0 Å². The Labute approximate surface area is 819 Å². The van der Waals surface area contributed by atoms with E-state index in [2.05, 4.69) is 29.5 Å². The molecule has 0 bridgehead atoms. The molecule has 1 aliphatic heterocycles. The van der Waals surface area contributed by atoms with Crippen LogP contribution in [0.15, 0.2) is 371 Å². The van der Waals surface area contributed by atoms with Crippen molar-refractivity contribution in [2.24, 2.45) is 5.73 Å². The molecule has 0 saturated carbocycles. The number of sulfone groups is 4. The fourth-order valence-electron chi connectivity index (χ4n) is 14.1. The molecule has 1 aliphatic rings. The molecule has 15 aromatic rings. The van der Waals surface area contributed by atoms with Crippen molar-refractivity contribution in [3.63, 3.8) is 0 Å². The van der Waals surface area contributed by atoms with E-state index < -0.39 is 113 Å².